The van der Waals surface area contributed by atoms with Crippen LogP contribution in [0, 0.1) is 12.7 Å². The van der Waals surface area contributed by atoms with Crippen LogP contribution in [0.4, 0.5) is 33.6 Å². The zero-order valence-electron chi connectivity index (χ0n) is 19.8. The van der Waals surface area contributed by atoms with Gasteiger partial charge in [0.2, 0.25) is 17.8 Å². The van der Waals surface area contributed by atoms with Crippen molar-refractivity contribution in [1.82, 2.24) is 15.0 Å². The van der Waals surface area contributed by atoms with E-state index in [-0.39, 0.29) is 12.4 Å². The van der Waals surface area contributed by atoms with Crippen LogP contribution in [0.5, 0.6) is 0 Å². The molecule has 2 aromatic carbocycles. The largest absolute Gasteiger partial charge is 0.396 e. The molecule has 1 aromatic heterocycles. The Balaban J connectivity index is 1.49. The highest BCUT2D eigenvalue weighted by Gasteiger charge is 2.22. The molecule has 1 fully saturated rings. The molecular weight excluding hydrogens is 469 g/mol. The summed E-state index contributed by atoms with van der Waals surface area (Å²) in [5.74, 6) is 1.25. The van der Waals surface area contributed by atoms with Crippen LogP contribution in [-0.2, 0) is 0 Å². The molecule has 4 rings (SSSR count). The lowest BCUT2D eigenvalue weighted by Gasteiger charge is -2.36. The first-order chi connectivity index (χ1) is 17.0. The van der Waals surface area contributed by atoms with Gasteiger partial charge in [0, 0.05) is 50.0 Å². The molecule has 2 heterocycles. The number of aryl methyl sites for hydroxylation is 1. The molecule has 0 atom stereocenters. The van der Waals surface area contributed by atoms with Gasteiger partial charge in [-0.3, -0.25) is 0 Å². The minimum Gasteiger partial charge on any atom is -0.396 e. The molecule has 1 aliphatic heterocycles. The van der Waals surface area contributed by atoms with E-state index in [1.54, 1.807) is 6.07 Å². The minimum absolute atomic E-state index is 0.196. The van der Waals surface area contributed by atoms with Gasteiger partial charge < -0.3 is 25.5 Å². The van der Waals surface area contributed by atoms with Crippen LogP contribution >= 0.6 is 11.6 Å². The van der Waals surface area contributed by atoms with E-state index >= 15 is 0 Å². The second-order valence-corrected chi connectivity index (χ2v) is 8.92. The molecule has 0 unspecified atom stereocenters. The molecule has 186 valence electrons. The average Bonchev–Trinajstić information content (AvgIpc) is 2.86. The van der Waals surface area contributed by atoms with E-state index in [1.165, 1.54) is 6.07 Å². The lowest BCUT2D eigenvalue weighted by Crippen LogP contribution is -2.47. The van der Waals surface area contributed by atoms with Gasteiger partial charge in [-0.05, 0) is 56.0 Å². The number of benzene rings is 2. The Bertz CT molecular complexity index is 1120. The number of anilines is 5. The summed E-state index contributed by atoms with van der Waals surface area (Å²) in [7, 11) is 0. The second-order valence-electron chi connectivity index (χ2n) is 8.51. The number of unbranched alkanes of at least 4 members (excludes halogenated alkanes) is 2. The molecule has 10 heteroatoms. The van der Waals surface area contributed by atoms with Crippen molar-refractivity contribution in [3.8, 4) is 0 Å². The van der Waals surface area contributed by atoms with E-state index < -0.39 is 0 Å². The third-order valence-corrected chi connectivity index (χ3v) is 6.33. The Morgan fingerprint density at radius 3 is 2.43 bits per heavy atom. The van der Waals surface area contributed by atoms with E-state index in [9.17, 15) is 4.39 Å². The standard InChI is InChI=1S/C25H31ClFN7O/c1-18-9-10-19(17-20(18)26)29-24-30-23(28-11-5-2-6-16-35)31-25(32-24)34-14-12-33(13-15-34)22-8-4-3-7-21(22)27/h3-4,7-10,17,35H,2,5-6,11-16H2,1H3,(H2,28,29,30,31,32). The summed E-state index contributed by atoms with van der Waals surface area (Å²) in [6, 6.07) is 12.6. The Hall–Kier alpha value is -3.17. The maximum absolute atomic E-state index is 14.2. The zero-order valence-corrected chi connectivity index (χ0v) is 20.6. The fourth-order valence-electron chi connectivity index (χ4n) is 3.91. The third kappa shape index (κ3) is 6.70. The molecule has 0 saturated carbocycles. The number of hydrogen-bond donors (Lipinski definition) is 3. The van der Waals surface area contributed by atoms with Crippen molar-refractivity contribution in [2.75, 3.05) is 59.8 Å². The van der Waals surface area contributed by atoms with Crippen LogP contribution in [0.3, 0.4) is 0 Å². The van der Waals surface area contributed by atoms with E-state index in [1.807, 2.05) is 42.2 Å². The van der Waals surface area contributed by atoms with Gasteiger partial charge >= 0.3 is 0 Å². The van der Waals surface area contributed by atoms with E-state index in [0.29, 0.717) is 61.3 Å². The summed E-state index contributed by atoms with van der Waals surface area (Å²) in [6.07, 6.45) is 2.60. The Kier molecular flexibility index (Phi) is 8.54. The Morgan fingerprint density at radius 1 is 0.943 bits per heavy atom. The Morgan fingerprint density at radius 2 is 1.69 bits per heavy atom. The highest BCUT2D eigenvalue weighted by atomic mass is 35.5. The molecule has 1 saturated heterocycles. The third-order valence-electron chi connectivity index (χ3n) is 5.93. The SMILES string of the molecule is Cc1ccc(Nc2nc(NCCCCCO)nc(N3CCN(c4ccccc4F)CC3)n2)cc1Cl. The lowest BCUT2D eigenvalue weighted by atomic mass is 10.2. The van der Waals surface area contributed by atoms with Gasteiger partial charge in [0.05, 0.1) is 5.69 Å². The van der Waals surface area contributed by atoms with Crippen LogP contribution in [0.1, 0.15) is 24.8 Å². The van der Waals surface area contributed by atoms with Crippen LogP contribution < -0.4 is 20.4 Å². The zero-order chi connectivity index (χ0) is 24.6. The number of nitrogens with zero attached hydrogens (tertiary/aromatic N) is 5. The van der Waals surface area contributed by atoms with E-state index in [2.05, 4.69) is 30.5 Å². The fraction of sp³-hybridized carbons (Fsp3) is 0.400. The number of hydrogen-bond acceptors (Lipinski definition) is 8. The summed E-state index contributed by atoms with van der Waals surface area (Å²) < 4.78 is 14.2. The lowest BCUT2D eigenvalue weighted by molar-refractivity contribution is 0.283. The predicted octanol–water partition coefficient (Wildman–Crippen LogP) is 4.62. The monoisotopic (exact) mass is 499 g/mol. The number of rotatable bonds is 10. The molecule has 3 aromatic rings. The van der Waals surface area contributed by atoms with Crippen molar-refractivity contribution in [1.29, 1.82) is 0 Å². The molecule has 0 spiro atoms. The van der Waals surface area contributed by atoms with Gasteiger partial charge in [0.15, 0.2) is 0 Å². The first-order valence-electron chi connectivity index (χ1n) is 11.9. The summed E-state index contributed by atoms with van der Waals surface area (Å²) in [6.45, 7) is 5.48. The van der Waals surface area contributed by atoms with E-state index in [0.717, 1.165) is 30.5 Å². The van der Waals surface area contributed by atoms with Crippen molar-refractivity contribution in [3.63, 3.8) is 0 Å². The Labute approximate surface area is 210 Å². The molecule has 0 aliphatic carbocycles. The first-order valence-corrected chi connectivity index (χ1v) is 12.3. The number of aliphatic hydroxyl groups is 1. The van der Waals surface area contributed by atoms with Crippen LogP contribution in [-0.4, -0.2) is 59.4 Å². The molecule has 3 N–H and O–H groups in total. The maximum Gasteiger partial charge on any atom is 0.233 e. The van der Waals surface area contributed by atoms with Crippen molar-refractivity contribution in [2.45, 2.75) is 26.2 Å². The first kappa shape index (κ1) is 24.9. The van der Waals surface area contributed by atoms with Crippen molar-refractivity contribution >= 4 is 40.8 Å². The number of piperazine rings is 1. The van der Waals surface area contributed by atoms with Gasteiger partial charge in [0.25, 0.3) is 0 Å². The van der Waals surface area contributed by atoms with Crippen LogP contribution in [0.25, 0.3) is 0 Å². The molecule has 0 radical (unpaired) electrons. The minimum atomic E-state index is -0.211. The number of aliphatic hydroxyl groups excluding tert-OH is 1. The number of halogens is 2. The van der Waals surface area contributed by atoms with Gasteiger partial charge in [0.1, 0.15) is 5.82 Å². The molecular formula is C25H31ClFN7O. The maximum atomic E-state index is 14.2. The number of para-hydroxylation sites is 1. The van der Waals surface area contributed by atoms with Crippen LogP contribution in [0.2, 0.25) is 5.02 Å². The predicted molar refractivity (Wildman–Crippen MR) is 140 cm³/mol. The van der Waals surface area contributed by atoms with Crippen molar-refractivity contribution < 1.29 is 9.50 Å². The molecule has 0 amide bonds. The van der Waals surface area contributed by atoms with Crippen LogP contribution in [0.15, 0.2) is 42.5 Å². The average molecular weight is 500 g/mol. The quantitative estimate of drug-likeness (QED) is 0.348. The molecule has 1 aliphatic rings. The van der Waals surface area contributed by atoms with Gasteiger partial charge in [-0.15, -0.1) is 0 Å². The van der Waals surface area contributed by atoms with Gasteiger partial charge in [-0.2, -0.15) is 15.0 Å². The second kappa shape index (κ2) is 12.0. The fourth-order valence-corrected chi connectivity index (χ4v) is 4.09. The topological polar surface area (TPSA) is 89.4 Å². The summed E-state index contributed by atoms with van der Waals surface area (Å²) >= 11 is 6.29. The summed E-state index contributed by atoms with van der Waals surface area (Å²) in [4.78, 5) is 18.0. The summed E-state index contributed by atoms with van der Waals surface area (Å²) in [5, 5.41) is 16.2. The van der Waals surface area contributed by atoms with Crippen molar-refractivity contribution in [2.24, 2.45) is 0 Å². The van der Waals surface area contributed by atoms with Crippen molar-refractivity contribution in [3.05, 3.63) is 58.9 Å². The number of aromatic nitrogens is 3. The smallest absolute Gasteiger partial charge is 0.233 e. The molecule has 8 nitrogen and oxygen atoms in total. The van der Waals surface area contributed by atoms with E-state index in [4.69, 9.17) is 16.7 Å². The molecule has 0 bridgehead atoms. The summed E-state index contributed by atoms with van der Waals surface area (Å²) in [5.41, 5.74) is 2.40. The number of nitrogens with one attached hydrogen (secondary N) is 2. The van der Waals surface area contributed by atoms with Gasteiger partial charge in [-0.25, -0.2) is 4.39 Å². The molecule has 35 heavy (non-hydrogen) atoms. The highest BCUT2D eigenvalue weighted by Crippen LogP contribution is 2.25. The normalized spacial score (nSPS) is 13.7. The van der Waals surface area contributed by atoms with Gasteiger partial charge in [-0.1, -0.05) is 29.8 Å². The highest BCUT2D eigenvalue weighted by molar-refractivity contribution is 6.31.